The second-order valence-corrected chi connectivity index (χ2v) is 6.12. The normalized spacial score (nSPS) is 16.0. The van der Waals surface area contributed by atoms with Crippen LogP contribution >= 0.6 is 0 Å². The molecule has 1 amide bonds. The number of carbonyl (C=O) groups excluding carboxylic acids is 2. The zero-order chi connectivity index (χ0) is 17.2. The van der Waals surface area contributed by atoms with Gasteiger partial charge in [-0.15, -0.1) is 0 Å². The maximum Gasteiger partial charge on any atom is 0.410 e. The number of carbonyl (C=O) groups is 2. The lowest BCUT2D eigenvalue weighted by atomic mass is 9.90. The Bertz CT molecular complexity index is 386. The third-order valence-corrected chi connectivity index (χ3v) is 3.24. The fourth-order valence-electron chi connectivity index (χ4n) is 2.17. The van der Waals surface area contributed by atoms with Gasteiger partial charge in [-0.3, -0.25) is 0 Å². The number of rotatable bonds is 4. The first-order valence-electron chi connectivity index (χ1n) is 8.10. The Kier molecular flexibility index (Phi) is 9.46. The largest absolute Gasteiger partial charge is 0.444 e. The van der Waals surface area contributed by atoms with Crippen LogP contribution in [-0.2, 0) is 9.53 Å². The molecule has 0 N–H and O–H groups in total. The van der Waals surface area contributed by atoms with E-state index in [1.54, 1.807) is 4.90 Å². The van der Waals surface area contributed by atoms with E-state index in [4.69, 9.17) is 4.74 Å². The van der Waals surface area contributed by atoms with Crippen LogP contribution in [0.15, 0.2) is 24.3 Å². The summed E-state index contributed by atoms with van der Waals surface area (Å²) in [6.07, 6.45) is 6.59. The number of amides is 1. The quantitative estimate of drug-likeness (QED) is 0.572. The van der Waals surface area contributed by atoms with Crippen LogP contribution in [0.3, 0.4) is 0 Å². The molecule has 4 nitrogen and oxygen atoms in total. The van der Waals surface area contributed by atoms with Gasteiger partial charge >= 0.3 is 6.09 Å². The summed E-state index contributed by atoms with van der Waals surface area (Å²) < 4.78 is 5.36. The zero-order valence-electron chi connectivity index (χ0n) is 14.7. The van der Waals surface area contributed by atoms with Gasteiger partial charge in [-0.25, -0.2) is 4.79 Å². The first-order valence-corrected chi connectivity index (χ1v) is 8.10. The monoisotopic (exact) mass is 309 g/mol. The van der Waals surface area contributed by atoms with E-state index in [0.29, 0.717) is 25.4 Å². The molecule has 4 heteroatoms. The van der Waals surface area contributed by atoms with Gasteiger partial charge in [0.25, 0.3) is 0 Å². The highest BCUT2D eigenvalue weighted by Crippen LogP contribution is 2.25. The van der Waals surface area contributed by atoms with Crippen molar-refractivity contribution < 1.29 is 14.3 Å². The molecule has 1 saturated heterocycles. The van der Waals surface area contributed by atoms with Crippen molar-refractivity contribution >= 4 is 12.4 Å². The van der Waals surface area contributed by atoms with Crippen LogP contribution < -0.4 is 0 Å². The number of ether oxygens (including phenoxy) is 1. The lowest BCUT2D eigenvalue weighted by Crippen LogP contribution is -2.41. The first kappa shape index (κ1) is 20.4. The van der Waals surface area contributed by atoms with Gasteiger partial charge in [-0.2, -0.15) is 0 Å². The van der Waals surface area contributed by atoms with Crippen LogP contribution in [0.25, 0.3) is 0 Å². The highest BCUT2D eigenvalue weighted by molar-refractivity contribution is 5.68. The molecule has 1 aliphatic rings. The molecule has 126 valence electrons. The molecule has 0 aromatic carbocycles. The van der Waals surface area contributed by atoms with Gasteiger partial charge in [0.05, 0.1) is 0 Å². The summed E-state index contributed by atoms with van der Waals surface area (Å²) in [6.45, 7) is 15.0. The highest BCUT2D eigenvalue weighted by atomic mass is 16.6. The van der Waals surface area contributed by atoms with Crippen LogP contribution in [0, 0.1) is 5.92 Å². The summed E-state index contributed by atoms with van der Waals surface area (Å²) in [4.78, 5) is 23.9. The zero-order valence-corrected chi connectivity index (χ0v) is 14.7. The maximum absolute atomic E-state index is 11.9. The standard InChI is InChI=1S/C16H25NO3.C2H6/c1-13(7-5-6-12-18)14-8-10-17(11-9-14)15(19)20-16(2,3)4;1-2/h5,7,12,14H,1,6,8-11H2,2-4H3;1-2H3/b7-5-;. The number of hydrogen-bond acceptors (Lipinski definition) is 3. The minimum Gasteiger partial charge on any atom is -0.444 e. The number of allylic oxidation sites excluding steroid dienone is 3. The summed E-state index contributed by atoms with van der Waals surface area (Å²) in [5.41, 5.74) is 0.588. The fraction of sp³-hybridized carbons (Fsp3) is 0.667. The van der Waals surface area contributed by atoms with E-state index in [1.165, 1.54) is 0 Å². The van der Waals surface area contributed by atoms with Gasteiger partial charge in [0, 0.05) is 19.5 Å². The summed E-state index contributed by atoms with van der Waals surface area (Å²) in [5, 5.41) is 0. The van der Waals surface area contributed by atoms with Gasteiger partial charge in [0.15, 0.2) is 0 Å². The molecular formula is C18H31NO3. The average Bonchev–Trinajstić information content (AvgIpc) is 2.48. The third-order valence-electron chi connectivity index (χ3n) is 3.24. The predicted molar refractivity (Wildman–Crippen MR) is 90.8 cm³/mol. The van der Waals surface area contributed by atoms with Crippen LogP contribution in [0.5, 0.6) is 0 Å². The smallest absolute Gasteiger partial charge is 0.410 e. The van der Waals surface area contributed by atoms with Crippen molar-refractivity contribution in [3.8, 4) is 0 Å². The summed E-state index contributed by atoms with van der Waals surface area (Å²) in [6, 6.07) is 0. The van der Waals surface area contributed by atoms with Crippen molar-refractivity contribution in [2.45, 2.75) is 59.5 Å². The molecule has 0 spiro atoms. The van der Waals surface area contributed by atoms with Crippen LogP contribution in [0.1, 0.15) is 53.9 Å². The fourth-order valence-corrected chi connectivity index (χ4v) is 2.17. The van der Waals surface area contributed by atoms with E-state index < -0.39 is 5.60 Å². The van der Waals surface area contributed by atoms with Gasteiger partial charge in [0.2, 0.25) is 0 Å². The highest BCUT2D eigenvalue weighted by Gasteiger charge is 2.27. The Balaban J connectivity index is 0.00000211. The minimum absolute atomic E-state index is 0.238. The maximum atomic E-state index is 11.9. The average molecular weight is 309 g/mol. The van der Waals surface area contributed by atoms with Crippen LogP contribution in [-0.4, -0.2) is 36.0 Å². The molecule has 1 heterocycles. The number of aldehydes is 1. The van der Waals surface area contributed by atoms with E-state index in [1.807, 2.05) is 46.8 Å². The number of nitrogens with zero attached hydrogens (tertiary/aromatic N) is 1. The van der Waals surface area contributed by atoms with Crippen molar-refractivity contribution in [1.29, 1.82) is 0 Å². The molecule has 0 atom stereocenters. The van der Waals surface area contributed by atoms with Gasteiger partial charge in [-0.05, 0) is 39.5 Å². The number of piperidine rings is 1. The number of likely N-dealkylation sites (tertiary alicyclic amines) is 1. The van der Waals surface area contributed by atoms with E-state index in [2.05, 4.69) is 6.58 Å². The van der Waals surface area contributed by atoms with E-state index in [9.17, 15) is 9.59 Å². The Hall–Kier alpha value is -1.58. The van der Waals surface area contributed by atoms with Crippen molar-refractivity contribution in [3.63, 3.8) is 0 Å². The molecule has 0 aromatic rings. The SMILES string of the molecule is C=C(/C=C\CC=O)C1CCN(C(=O)OC(C)(C)C)CC1.CC. The van der Waals surface area contributed by atoms with E-state index >= 15 is 0 Å². The summed E-state index contributed by atoms with van der Waals surface area (Å²) in [5.74, 6) is 0.386. The predicted octanol–water partition coefficient (Wildman–Crippen LogP) is 4.36. The molecule has 0 aliphatic carbocycles. The Morgan fingerprint density at radius 3 is 2.27 bits per heavy atom. The molecule has 0 bridgehead atoms. The Morgan fingerprint density at radius 1 is 1.27 bits per heavy atom. The van der Waals surface area contributed by atoms with Crippen molar-refractivity contribution in [2.24, 2.45) is 5.92 Å². The molecule has 1 aliphatic heterocycles. The molecule has 0 aromatic heterocycles. The first-order chi connectivity index (χ1) is 10.3. The summed E-state index contributed by atoms with van der Waals surface area (Å²) in [7, 11) is 0. The topological polar surface area (TPSA) is 46.6 Å². The summed E-state index contributed by atoms with van der Waals surface area (Å²) >= 11 is 0. The van der Waals surface area contributed by atoms with Crippen molar-refractivity contribution in [2.75, 3.05) is 13.1 Å². The third kappa shape index (κ3) is 8.01. The van der Waals surface area contributed by atoms with E-state index in [0.717, 1.165) is 24.7 Å². The molecule has 0 unspecified atom stereocenters. The lowest BCUT2D eigenvalue weighted by Gasteiger charge is -2.33. The molecule has 1 rings (SSSR count). The lowest BCUT2D eigenvalue weighted by molar-refractivity contribution is -0.107. The van der Waals surface area contributed by atoms with Crippen molar-refractivity contribution in [1.82, 2.24) is 4.90 Å². The van der Waals surface area contributed by atoms with Gasteiger partial charge in [-0.1, -0.05) is 38.2 Å². The molecule has 0 saturated carbocycles. The Labute approximate surface area is 135 Å². The molecule has 22 heavy (non-hydrogen) atoms. The molecule has 0 radical (unpaired) electrons. The minimum atomic E-state index is -0.449. The molecule has 1 fully saturated rings. The molecular weight excluding hydrogens is 278 g/mol. The number of hydrogen-bond donors (Lipinski definition) is 0. The Morgan fingerprint density at radius 2 is 1.82 bits per heavy atom. The van der Waals surface area contributed by atoms with Gasteiger partial charge in [0.1, 0.15) is 11.9 Å². The second kappa shape index (κ2) is 10.2. The van der Waals surface area contributed by atoms with Gasteiger partial charge < -0.3 is 14.4 Å². The van der Waals surface area contributed by atoms with Crippen LogP contribution in [0.4, 0.5) is 4.79 Å². The van der Waals surface area contributed by atoms with Crippen molar-refractivity contribution in [3.05, 3.63) is 24.3 Å². The van der Waals surface area contributed by atoms with Crippen LogP contribution in [0.2, 0.25) is 0 Å². The van der Waals surface area contributed by atoms with E-state index in [-0.39, 0.29) is 6.09 Å². The second-order valence-electron chi connectivity index (χ2n) is 6.12.